The molecule has 1 heterocycles. The van der Waals surface area contributed by atoms with Gasteiger partial charge in [-0.05, 0) is 48.8 Å². The highest BCUT2D eigenvalue weighted by Crippen LogP contribution is 2.35. The number of carbonyl (C=O) groups excluding carboxylic acids is 1. The van der Waals surface area contributed by atoms with E-state index in [1.807, 2.05) is 12.1 Å². The summed E-state index contributed by atoms with van der Waals surface area (Å²) in [5.74, 6) is 0.494. The Hall–Kier alpha value is -1.39. The second kappa shape index (κ2) is 4.94. The predicted molar refractivity (Wildman–Crippen MR) is 73.7 cm³/mol. The van der Waals surface area contributed by atoms with Gasteiger partial charge in [-0.1, -0.05) is 12.1 Å². The molecule has 1 aliphatic carbocycles. The summed E-state index contributed by atoms with van der Waals surface area (Å²) < 4.78 is 0. The molecule has 1 fully saturated rings. The molecular weight excluding hydrogens is 240 g/mol. The molecule has 1 atom stereocenters. The molecule has 0 saturated heterocycles. The highest BCUT2D eigenvalue weighted by Gasteiger charge is 2.26. The minimum absolute atomic E-state index is 0.00787. The van der Waals surface area contributed by atoms with Gasteiger partial charge < -0.3 is 16.2 Å². The van der Waals surface area contributed by atoms with Crippen LogP contribution in [0.3, 0.4) is 0 Å². The number of rotatable bonds is 2. The molecule has 4 heteroatoms. The van der Waals surface area contributed by atoms with Gasteiger partial charge in [0, 0.05) is 11.7 Å². The molecule has 1 aliphatic heterocycles. The van der Waals surface area contributed by atoms with E-state index in [2.05, 4.69) is 11.4 Å². The number of aliphatic hydroxyl groups excluding tert-OH is 1. The third-order valence-electron chi connectivity index (χ3n) is 4.39. The van der Waals surface area contributed by atoms with Gasteiger partial charge in [0.1, 0.15) is 0 Å². The minimum Gasteiger partial charge on any atom is -0.393 e. The molecule has 3 rings (SSSR count). The zero-order chi connectivity index (χ0) is 13.4. The fourth-order valence-corrected chi connectivity index (χ4v) is 3.19. The summed E-state index contributed by atoms with van der Waals surface area (Å²) in [5, 5.41) is 12.4. The lowest BCUT2D eigenvalue weighted by Crippen LogP contribution is -2.27. The molecule has 1 saturated carbocycles. The summed E-state index contributed by atoms with van der Waals surface area (Å²) in [5.41, 5.74) is 9.43. The van der Waals surface area contributed by atoms with Crippen LogP contribution < -0.4 is 11.1 Å². The number of carbonyl (C=O) groups is 1. The number of nitrogens with one attached hydrogen (secondary N) is 1. The third kappa shape index (κ3) is 2.51. The van der Waals surface area contributed by atoms with Crippen LogP contribution in [0.1, 0.15) is 42.9 Å². The maximum atomic E-state index is 11.3. The van der Waals surface area contributed by atoms with E-state index in [1.54, 1.807) is 0 Å². The molecule has 19 heavy (non-hydrogen) atoms. The van der Waals surface area contributed by atoms with Crippen molar-refractivity contribution in [1.82, 2.24) is 0 Å². The Bertz CT molecular complexity index is 493. The molecular formula is C15H20N2O2. The summed E-state index contributed by atoms with van der Waals surface area (Å²) in [6, 6.07) is 6.03. The molecule has 1 aromatic rings. The van der Waals surface area contributed by atoms with Gasteiger partial charge in [0.15, 0.2) is 0 Å². The molecule has 0 bridgehead atoms. The average Bonchev–Trinajstić information content (AvgIpc) is 2.77. The first kappa shape index (κ1) is 12.6. The van der Waals surface area contributed by atoms with Crippen LogP contribution in [0.25, 0.3) is 0 Å². The Morgan fingerprint density at radius 3 is 2.74 bits per heavy atom. The van der Waals surface area contributed by atoms with E-state index in [-0.39, 0.29) is 18.1 Å². The molecule has 4 nitrogen and oxygen atoms in total. The monoisotopic (exact) mass is 260 g/mol. The van der Waals surface area contributed by atoms with Gasteiger partial charge in [-0.15, -0.1) is 0 Å². The lowest BCUT2D eigenvalue weighted by Gasteiger charge is -2.30. The molecule has 1 aromatic carbocycles. The predicted octanol–water partition coefficient (Wildman–Crippen LogP) is 1.73. The quantitative estimate of drug-likeness (QED) is 0.758. The molecule has 1 amide bonds. The Labute approximate surface area is 113 Å². The van der Waals surface area contributed by atoms with E-state index in [4.69, 9.17) is 5.73 Å². The standard InChI is InChI=1S/C15H20N2O2/c16-15(9-1-4-12(18)5-2-9)10-3-6-13-11(7-10)8-14(19)17-13/h3,6-7,9,12,15,18H,1-2,4-5,8,16H2,(H,17,19). The van der Waals surface area contributed by atoms with Crippen LogP contribution in [0, 0.1) is 5.92 Å². The Kier molecular flexibility index (Phi) is 3.29. The van der Waals surface area contributed by atoms with Gasteiger partial charge in [-0.2, -0.15) is 0 Å². The van der Waals surface area contributed by atoms with Gasteiger partial charge in [0.05, 0.1) is 12.5 Å². The average molecular weight is 260 g/mol. The lowest BCUT2D eigenvalue weighted by molar-refractivity contribution is -0.115. The number of amides is 1. The Balaban J connectivity index is 1.75. The summed E-state index contributed by atoms with van der Waals surface area (Å²) in [7, 11) is 0. The number of fused-ring (bicyclic) bond motifs is 1. The fourth-order valence-electron chi connectivity index (χ4n) is 3.19. The molecule has 2 aliphatic rings. The summed E-state index contributed by atoms with van der Waals surface area (Å²) >= 11 is 0. The number of hydrogen-bond acceptors (Lipinski definition) is 3. The van der Waals surface area contributed by atoms with Crippen LogP contribution in [0.2, 0.25) is 0 Å². The maximum Gasteiger partial charge on any atom is 0.228 e. The largest absolute Gasteiger partial charge is 0.393 e. The smallest absolute Gasteiger partial charge is 0.228 e. The first-order valence-corrected chi connectivity index (χ1v) is 7.00. The van der Waals surface area contributed by atoms with Crippen LogP contribution in [0.4, 0.5) is 5.69 Å². The molecule has 1 unspecified atom stereocenters. The summed E-state index contributed by atoms with van der Waals surface area (Å²) in [6.45, 7) is 0. The van der Waals surface area contributed by atoms with Gasteiger partial charge in [-0.25, -0.2) is 0 Å². The topological polar surface area (TPSA) is 75.4 Å². The zero-order valence-electron chi connectivity index (χ0n) is 10.9. The minimum atomic E-state index is -0.148. The number of hydrogen-bond donors (Lipinski definition) is 3. The highest BCUT2D eigenvalue weighted by atomic mass is 16.3. The van der Waals surface area contributed by atoms with Gasteiger partial charge >= 0.3 is 0 Å². The van der Waals surface area contributed by atoms with E-state index in [0.29, 0.717) is 12.3 Å². The summed E-state index contributed by atoms with van der Waals surface area (Å²) in [6.07, 6.45) is 3.98. The van der Waals surface area contributed by atoms with Crippen LogP contribution in [-0.2, 0) is 11.2 Å². The van der Waals surface area contributed by atoms with E-state index in [0.717, 1.165) is 42.5 Å². The van der Waals surface area contributed by atoms with Crippen molar-refractivity contribution in [3.05, 3.63) is 29.3 Å². The molecule has 0 radical (unpaired) electrons. The van der Waals surface area contributed by atoms with E-state index in [1.165, 1.54) is 0 Å². The molecule has 0 aromatic heterocycles. The Morgan fingerprint density at radius 1 is 1.26 bits per heavy atom. The fraction of sp³-hybridized carbons (Fsp3) is 0.533. The second-order valence-corrected chi connectivity index (χ2v) is 5.74. The van der Waals surface area contributed by atoms with Crippen molar-refractivity contribution < 1.29 is 9.90 Å². The van der Waals surface area contributed by atoms with E-state index in [9.17, 15) is 9.90 Å². The molecule has 0 spiro atoms. The summed E-state index contributed by atoms with van der Waals surface area (Å²) in [4.78, 5) is 11.3. The number of benzene rings is 1. The van der Waals surface area contributed by atoms with Crippen molar-refractivity contribution >= 4 is 11.6 Å². The zero-order valence-corrected chi connectivity index (χ0v) is 10.9. The van der Waals surface area contributed by atoms with Crippen molar-refractivity contribution in [2.45, 2.75) is 44.2 Å². The van der Waals surface area contributed by atoms with Gasteiger partial charge in [0.25, 0.3) is 0 Å². The lowest BCUT2D eigenvalue weighted by atomic mass is 9.80. The first-order valence-electron chi connectivity index (χ1n) is 7.00. The first-order chi connectivity index (χ1) is 9.13. The normalized spacial score (nSPS) is 27.8. The van der Waals surface area contributed by atoms with Crippen molar-refractivity contribution in [2.24, 2.45) is 11.7 Å². The highest BCUT2D eigenvalue weighted by molar-refractivity contribution is 5.99. The van der Waals surface area contributed by atoms with Crippen LogP contribution in [0.15, 0.2) is 18.2 Å². The maximum absolute atomic E-state index is 11.3. The van der Waals surface area contributed by atoms with Crippen molar-refractivity contribution in [3.63, 3.8) is 0 Å². The van der Waals surface area contributed by atoms with Crippen LogP contribution >= 0.6 is 0 Å². The molecule has 102 valence electrons. The van der Waals surface area contributed by atoms with Gasteiger partial charge in [0.2, 0.25) is 5.91 Å². The van der Waals surface area contributed by atoms with E-state index >= 15 is 0 Å². The Morgan fingerprint density at radius 2 is 2.00 bits per heavy atom. The van der Waals surface area contributed by atoms with E-state index < -0.39 is 0 Å². The number of aliphatic hydroxyl groups is 1. The van der Waals surface area contributed by atoms with Crippen LogP contribution in [0.5, 0.6) is 0 Å². The number of nitrogens with two attached hydrogens (primary N) is 1. The van der Waals surface area contributed by atoms with Crippen molar-refractivity contribution in [3.8, 4) is 0 Å². The van der Waals surface area contributed by atoms with Gasteiger partial charge in [-0.3, -0.25) is 4.79 Å². The SMILES string of the molecule is NC(c1ccc2c(c1)CC(=O)N2)C1CCC(O)CC1. The van der Waals surface area contributed by atoms with Crippen molar-refractivity contribution in [1.29, 1.82) is 0 Å². The second-order valence-electron chi connectivity index (χ2n) is 5.74. The number of anilines is 1. The van der Waals surface area contributed by atoms with Crippen molar-refractivity contribution in [2.75, 3.05) is 5.32 Å². The molecule has 4 N–H and O–H groups in total. The third-order valence-corrected chi connectivity index (χ3v) is 4.39. The van der Waals surface area contributed by atoms with Crippen LogP contribution in [-0.4, -0.2) is 17.1 Å².